The Hall–Kier alpha value is -3.20. The standard InChI is InChI=1S/C23H21F4N3O2/c24-16-2-1-3-17(12-16)32-21-5-4-20(19-13-28-9-6-18(19)21)29-22(31)15-7-10-30(11-8-15)14-23(25,26)27/h1-6,9,12-13,15H,7-8,10-11,14H2,(H,29,31). The van der Waals surface area contributed by atoms with Crippen LogP contribution in [0.15, 0.2) is 54.9 Å². The highest BCUT2D eigenvalue weighted by molar-refractivity contribution is 6.04. The third-order valence-electron chi connectivity index (χ3n) is 5.42. The molecule has 5 nitrogen and oxygen atoms in total. The van der Waals surface area contributed by atoms with Gasteiger partial charge in [-0.15, -0.1) is 0 Å². The Kier molecular flexibility index (Phi) is 6.27. The lowest BCUT2D eigenvalue weighted by Gasteiger charge is -2.31. The van der Waals surface area contributed by atoms with Gasteiger partial charge < -0.3 is 10.1 Å². The van der Waals surface area contributed by atoms with Gasteiger partial charge in [-0.3, -0.25) is 14.7 Å². The van der Waals surface area contributed by atoms with Crippen molar-refractivity contribution in [2.45, 2.75) is 19.0 Å². The minimum atomic E-state index is -4.24. The molecular weight excluding hydrogens is 426 g/mol. The van der Waals surface area contributed by atoms with Crippen LogP contribution in [0.3, 0.4) is 0 Å². The Labute approximate surface area is 182 Å². The Morgan fingerprint density at radius 3 is 2.62 bits per heavy atom. The van der Waals surface area contributed by atoms with Gasteiger partial charge in [0, 0.05) is 35.2 Å². The average molecular weight is 447 g/mol. The third kappa shape index (κ3) is 5.34. The number of rotatable bonds is 5. The molecule has 0 spiro atoms. The van der Waals surface area contributed by atoms with Crippen molar-refractivity contribution < 1.29 is 27.1 Å². The van der Waals surface area contributed by atoms with Gasteiger partial charge in [-0.1, -0.05) is 6.07 Å². The van der Waals surface area contributed by atoms with E-state index >= 15 is 0 Å². The Morgan fingerprint density at radius 2 is 1.91 bits per heavy atom. The molecule has 1 N–H and O–H groups in total. The summed E-state index contributed by atoms with van der Waals surface area (Å²) >= 11 is 0. The van der Waals surface area contributed by atoms with Crippen molar-refractivity contribution in [3.63, 3.8) is 0 Å². The summed E-state index contributed by atoms with van der Waals surface area (Å²) in [5.74, 6) is -0.203. The van der Waals surface area contributed by atoms with E-state index in [1.807, 2.05) is 0 Å². The third-order valence-corrected chi connectivity index (χ3v) is 5.42. The molecule has 4 rings (SSSR count). The summed E-state index contributed by atoms with van der Waals surface area (Å²) in [5, 5.41) is 4.21. The molecule has 9 heteroatoms. The van der Waals surface area contributed by atoms with Crippen molar-refractivity contribution in [1.82, 2.24) is 9.88 Å². The summed E-state index contributed by atoms with van der Waals surface area (Å²) in [6.07, 6.45) is -0.341. The van der Waals surface area contributed by atoms with Crippen LogP contribution >= 0.6 is 0 Å². The first kappa shape index (κ1) is 22.0. The largest absolute Gasteiger partial charge is 0.457 e. The highest BCUT2D eigenvalue weighted by atomic mass is 19.4. The maximum Gasteiger partial charge on any atom is 0.401 e. The molecule has 1 amide bonds. The summed E-state index contributed by atoms with van der Waals surface area (Å²) in [6.45, 7) is -0.509. The molecule has 1 aromatic heterocycles. The molecule has 2 aromatic carbocycles. The lowest BCUT2D eigenvalue weighted by atomic mass is 9.95. The predicted octanol–water partition coefficient (Wildman–Crippen LogP) is 5.38. The zero-order chi connectivity index (χ0) is 22.7. The molecule has 0 bridgehead atoms. The lowest BCUT2D eigenvalue weighted by Crippen LogP contribution is -2.42. The number of halogens is 4. The first-order valence-corrected chi connectivity index (χ1v) is 10.2. The Balaban J connectivity index is 1.48. The summed E-state index contributed by atoms with van der Waals surface area (Å²) in [7, 11) is 0. The van der Waals surface area contributed by atoms with E-state index in [1.165, 1.54) is 17.0 Å². The molecular formula is C23H21F4N3O2. The van der Waals surface area contributed by atoms with Crippen LogP contribution in [-0.2, 0) is 4.79 Å². The molecule has 1 saturated heterocycles. The number of fused-ring (bicyclic) bond motifs is 1. The molecule has 0 radical (unpaired) electrons. The molecule has 1 aliphatic rings. The number of anilines is 1. The van der Waals surface area contributed by atoms with Crippen LogP contribution in [-0.4, -0.2) is 41.6 Å². The van der Waals surface area contributed by atoms with Gasteiger partial charge in [0.05, 0.1) is 12.2 Å². The zero-order valence-corrected chi connectivity index (χ0v) is 17.0. The van der Waals surface area contributed by atoms with E-state index in [-0.39, 0.29) is 24.9 Å². The average Bonchev–Trinajstić information content (AvgIpc) is 2.75. The number of hydrogen-bond acceptors (Lipinski definition) is 4. The van der Waals surface area contributed by atoms with E-state index in [4.69, 9.17) is 4.74 Å². The fraction of sp³-hybridized carbons (Fsp3) is 0.304. The number of carbonyl (C=O) groups is 1. The first-order valence-electron chi connectivity index (χ1n) is 10.2. The van der Waals surface area contributed by atoms with Gasteiger partial charge in [-0.2, -0.15) is 13.2 Å². The summed E-state index contributed by atoms with van der Waals surface area (Å²) < 4.78 is 57.0. The van der Waals surface area contributed by atoms with E-state index in [9.17, 15) is 22.4 Å². The maximum absolute atomic E-state index is 13.5. The number of alkyl halides is 3. The normalized spacial score (nSPS) is 15.6. The van der Waals surface area contributed by atoms with Crippen LogP contribution in [0.25, 0.3) is 10.8 Å². The molecule has 168 valence electrons. The van der Waals surface area contributed by atoms with Crippen LogP contribution < -0.4 is 10.1 Å². The summed E-state index contributed by atoms with van der Waals surface area (Å²) in [6, 6.07) is 10.9. The number of ether oxygens (including phenoxy) is 1. The number of aromatic nitrogens is 1. The van der Waals surface area contributed by atoms with Gasteiger partial charge in [-0.05, 0) is 56.3 Å². The fourth-order valence-electron chi connectivity index (χ4n) is 3.86. The lowest BCUT2D eigenvalue weighted by molar-refractivity contribution is -0.149. The van der Waals surface area contributed by atoms with E-state index < -0.39 is 18.5 Å². The second-order valence-electron chi connectivity index (χ2n) is 7.75. The monoisotopic (exact) mass is 447 g/mol. The van der Waals surface area contributed by atoms with Gasteiger partial charge in [0.1, 0.15) is 17.3 Å². The van der Waals surface area contributed by atoms with Crippen molar-refractivity contribution >= 4 is 22.4 Å². The van der Waals surface area contributed by atoms with Crippen molar-refractivity contribution in [2.24, 2.45) is 5.92 Å². The van der Waals surface area contributed by atoms with Gasteiger partial charge >= 0.3 is 6.18 Å². The van der Waals surface area contributed by atoms with E-state index in [1.54, 1.807) is 42.7 Å². The quantitative estimate of drug-likeness (QED) is 0.534. The molecule has 3 aromatic rings. The number of nitrogens with zero attached hydrogens (tertiary/aromatic N) is 2. The SMILES string of the molecule is O=C(Nc1ccc(Oc2cccc(F)c2)c2ccncc12)C1CCN(CC(F)(F)F)CC1. The molecule has 1 fully saturated rings. The predicted molar refractivity (Wildman–Crippen MR) is 112 cm³/mol. The number of nitrogens with one attached hydrogen (secondary N) is 1. The van der Waals surface area contributed by atoms with Crippen molar-refractivity contribution in [1.29, 1.82) is 0 Å². The molecule has 2 heterocycles. The second kappa shape index (κ2) is 9.12. The second-order valence-corrected chi connectivity index (χ2v) is 7.75. The smallest absolute Gasteiger partial charge is 0.401 e. The maximum atomic E-state index is 13.5. The van der Waals surface area contributed by atoms with E-state index in [0.29, 0.717) is 40.8 Å². The number of hydrogen-bond donors (Lipinski definition) is 1. The number of amides is 1. The number of carbonyl (C=O) groups excluding carboxylic acids is 1. The summed E-state index contributed by atoms with van der Waals surface area (Å²) in [5.41, 5.74) is 0.530. The highest BCUT2D eigenvalue weighted by Crippen LogP contribution is 2.34. The van der Waals surface area contributed by atoms with Gasteiger partial charge in [0.2, 0.25) is 5.91 Å². The van der Waals surface area contributed by atoms with Gasteiger partial charge in [-0.25, -0.2) is 4.39 Å². The van der Waals surface area contributed by atoms with Crippen LogP contribution in [0.5, 0.6) is 11.5 Å². The minimum absolute atomic E-state index is 0.223. The van der Waals surface area contributed by atoms with Crippen LogP contribution in [0, 0.1) is 11.7 Å². The number of piperidine rings is 1. The topological polar surface area (TPSA) is 54.5 Å². The van der Waals surface area contributed by atoms with E-state index in [0.717, 1.165) is 0 Å². The zero-order valence-electron chi connectivity index (χ0n) is 17.0. The van der Waals surface area contributed by atoms with Gasteiger partial charge in [0.15, 0.2) is 0 Å². The van der Waals surface area contributed by atoms with Crippen LogP contribution in [0.2, 0.25) is 0 Å². The van der Waals surface area contributed by atoms with Gasteiger partial charge in [0.25, 0.3) is 0 Å². The minimum Gasteiger partial charge on any atom is -0.457 e. The highest BCUT2D eigenvalue weighted by Gasteiger charge is 2.34. The molecule has 0 unspecified atom stereocenters. The fourth-order valence-corrected chi connectivity index (χ4v) is 3.86. The molecule has 32 heavy (non-hydrogen) atoms. The first-order chi connectivity index (χ1) is 15.3. The molecule has 0 aliphatic carbocycles. The number of benzene rings is 2. The van der Waals surface area contributed by atoms with Crippen molar-refractivity contribution in [3.05, 3.63) is 60.7 Å². The summed E-state index contributed by atoms with van der Waals surface area (Å²) in [4.78, 5) is 18.2. The molecule has 0 saturated carbocycles. The Morgan fingerprint density at radius 1 is 1.12 bits per heavy atom. The van der Waals surface area contributed by atoms with E-state index in [2.05, 4.69) is 10.3 Å². The van der Waals surface area contributed by atoms with Crippen molar-refractivity contribution in [2.75, 3.05) is 25.0 Å². The van der Waals surface area contributed by atoms with Crippen LogP contribution in [0.1, 0.15) is 12.8 Å². The molecule has 1 aliphatic heterocycles. The number of pyridine rings is 1. The van der Waals surface area contributed by atoms with Crippen LogP contribution in [0.4, 0.5) is 23.2 Å². The van der Waals surface area contributed by atoms with Crippen molar-refractivity contribution in [3.8, 4) is 11.5 Å². The molecule has 0 atom stereocenters. The Bertz CT molecular complexity index is 1110. The number of likely N-dealkylation sites (tertiary alicyclic amines) is 1.